The van der Waals surface area contributed by atoms with Crippen molar-refractivity contribution in [2.75, 3.05) is 0 Å². The number of pyridine rings is 1. The van der Waals surface area contributed by atoms with Crippen LogP contribution in [0.4, 0.5) is 5.69 Å². The van der Waals surface area contributed by atoms with Crippen LogP contribution in [0, 0.1) is 10.1 Å². The molecule has 1 heterocycles. The number of aromatic nitrogens is 1. The molecule has 1 N–H and O–H groups in total. The van der Waals surface area contributed by atoms with Gasteiger partial charge < -0.3 is 4.98 Å². The normalized spacial score (nSPS) is 9.55. The summed E-state index contributed by atoms with van der Waals surface area (Å²) in [5, 5.41) is 10.1. The highest BCUT2D eigenvalue weighted by Gasteiger charge is 2.06. The van der Waals surface area contributed by atoms with Gasteiger partial charge >= 0.3 is 0 Å². The molecule has 0 atom stereocenters. The molecule has 0 radical (unpaired) electrons. The van der Waals surface area contributed by atoms with Crippen LogP contribution in [0.15, 0.2) is 21.5 Å². The van der Waals surface area contributed by atoms with E-state index in [1.165, 1.54) is 6.07 Å². The fourth-order valence-corrected chi connectivity index (χ4v) is 1.03. The van der Waals surface area contributed by atoms with E-state index in [0.717, 1.165) is 6.07 Å². The summed E-state index contributed by atoms with van der Waals surface area (Å²) in [6.45, 7) is 0. The number of H-pyrrole nitrogens is 1. The highest BCUT2D eigenvalue weighted by Crippen LogP contribution is 2.11. The number of nitro groups is 1. The lowest BCUT2D eigenvalue weighted by molar-refractivity contribution is -0.385. The molecule has 0 saturated carbocycles. The van der Waals surface area contributed by atoms with E-state index in [2.05, 4.69) is 20.9 Å². The molecular formula is C5H3BrN2O3. The summed E-state index contributed by atoms with van der Waals surface area (Å²) < 4.78 is 0.303. The van der Waals surface area contributed by atoms with E-state index in [9.17, 15) is 14.9 Å². The van der Waals surface area contributed by atoms with Crippen LogP contribution in [0.3, 0.4) is 0 Å². The predicted octanol–water partition coefficient (Wildman–Crippen LogP) is 1.05. The molecule has 0 aromatic carbocycles. The van der Waals surface area contributed by atoms with E-state index in [0.29, 0.717) is 4.60 Å². The van der Waals surface area contributed by atoms with Crippen LogP contribution in [0.5, 0.6) is 0 Å². The quantitative estimate of drug-likeness (QED) is 0.435. The molecule has 11 heavy (non-hydrogen) atoms. The Labute approximate surface area is 69.3 Å². The molecule has 1 aromatic heterocycles. The van der Waals surface area contributed by atoms with Crippen molar-refractivity contribution in [1.82, 2.24) is 4.98 Å². The molecule has 0 spiro atoms. The SMILES string of the molecule is O=c1cc([N+](=O)[O-])cc(Br)[nH]1. The lowest BCUT2D eigenvalue weighted by Gasteiger charge is -1.90. The van der Waals surface area contributed by atoms with Gasteiger partial charge in [0, 0.05) is 6.07 Å². The topological polar surface area (TPSA) is 76.0 Å². The van der Waals surface area contributed by atoms with Gasteiger partial charge in [0.05, 0.1) is 15.6 Å². The van der Waals surface area contributed by atoms with Gasteiger partial charge in [0.15, 0.2) is 0 Å². The largest absolute Gasteiger partial charge is 0.316 e. The van der Waals surface area contributed by atoms with Gasteiger partial charge in [-0.05, 0) is 15.9 Å². The number of halogens is 1. The zero-order chi connectivity index (χ0) is 8.43. The second kappa shape index (κ2) is 2.83. The number of hydrogen-bond acceptors (Lipinski definition) is 3. The average Bonchev–Trinajstić information content (AvgIpc) is 1.85. The molecule has 6 heteroatoms. The maximum atomic E-state index is 10.6. The molecule has 1 aromatic rings. The van der Waals surface area contributed by atoms with E-state index in [1.54, 1.807) is 0 Å². The third kappa shape index (κ3) is 1.87. The van der Waals surface area contributed by atoms with Crippen molar-refractivity contribution >= 4 is 21.6 Å². The lowest BCUT2D eigenvalue weighted by atomic mass is 10.4. The molecule has 0 aliphatic carbocycles. The molecule has 0 bridgehead atoms. The molecule has 1 rings (SSSR count). The molecule has 58 valence electrons. The standard InChI is InChI=1S/C5H3BrN2O3/c6-4-1-3(8(10)11)2-5(9)7-4/h1-2H,(H,7,9). The Hall–Kier alpha value is -1.17. The summed E-state index contributed by atoms with van der Waals surface area (Å²) in [7, 11) is 0. The van der Waals surface area contributed by atoms with Crippen molar-refractivity contribution in [2.45, 2.75) is 0 Å². The van der Waals surface area contributed by atoms with Crippen molar-refractivity contribution in [1.29, 1.82) is 0 Å². The summed E-state index contributed by atoms with van der Waals surface area (Å²) >= 11 is 2.92. The van der Waals surface area contributed by atoms with Crippen LogP contribution in [0.2, 0.25) is 0 Å². The van der Waals surface area contributed by atoms with Gasteiger partial charge in [0.2, 0.25) is 0 Å². The van der Waals surface area contributed by atoms with E-state index in [4.69, 9.17) is 0 Å². The number of rotatable bonds is 1. The first-order valence-electron chi connectivity index (χ1n) is 2.64. The minimum atomic E-state index is -0.625. The zero-order valence-electron chi connectivity index (χ0n) is 5.20. The van der Waals surface area contributed by atoms with Crippen LogP contribution in [-0.4, -0.2) is 9.91 Å². The molecule has 5 nitrogen and oxygen atoms in total. The van der Waals surface area contributed by atoms with Gasteiger partial charge in [-0.3, -0.25) is 14.9 Å². The minimum Gasteiger partial charge on any atom is -0.316 e. The summed E-state index contributed by atoms with van der Waals surface area (Å²) in [5.74, 6) is 0. The van der Waals surface area contributed by atoms with Gasteiger partial charge in [-0.2, -0.15) is 0 Å². The molecule has 0 aliphatic heterocycles. The van der Waals surface area contributed by atoms with E-state index in [-0.39, 0.29) is 5.69 Å². The monoisotopic (exact) mass is 218 g/mol. The zero-order valence-corrected chi connectivity index (χ0v) is 6.79. The molecule has 0 unspecified atom stereocenters. The van der Waals surface area contributed by atoms with Gasteiger partial charge in [-0.1, -0.05) is 0 Å². The van der Waals surface area contributed by atoms with Gasteiger partial charge in [-0.25, -0.2) is 0 Å². The second-order valence-corrected chi connectivity index (χ2v) is 2.66. The molecule has 0 saturated heterocycles. The number of aromatic amines is 1. The van der Waals surface area contributed by atoms with Gasteiger partial charge in [0.25, 0.3) is 11.2 Å². The van der Waals surface area contributed by atoms with Crippen molar-refractivity contribution < 1.29 is 4.92 Å². The third-order valence-electron chi connectivity index (χ3n) is 1.01. The molecule has 0 aliphatic rings. The Kier molecular flexibility index (Phi) is 2.04. The van der Waals surface area contributed by atoms with Crippen molar-refractivity contribution in [3.05, 3.63) is 37.2 Å². The Morgan fingerprint density at radius 3 is 2.64 bits per heavy atom. The fraction of sp³-hybridized carbons (Fsp3) is 0. The van der Waals surface area contributed by atoms with Gasteiger partial charge in [0.1, 0.15) is 0 Å². The lowest BCUT2D eigenvalue weighted by Crippen LogP contribution is -2.05. The smallest absolute Gasteiger partial charge is 0.277 e. The molecule has 0 fully saturated rings. The van der Waals surface area contributed by atoms with Crippen molar-refractivity contribution in [3.8, 4) is 0 Å². The first kappa shape index (κ1) is 7.93. The van der Waals surface area contributed by atoms with Crippen LogP contribution in [0.1, 0.15) is 0 Å². The Balaban J connectivity index is 3.30. The third-order valence-corrected chi connectivity index (χ3v) is 1.43. The predicted molar refractivity (Wildman–Crippen MR) is 41.4 cm³/mol. The van der Waals surface area contributed by atoms with Crippen LogP contribution < -0.4 is 5.56 Å². The molecule has 0 amide bonds. The number of hydrogen-bond donors (Lipinski definition) is 1. The molecular weight excluding hydrogens is 216 g/mol. The van der Waals surface area contributed by atoms with E-state index in [1.807, 2.05) is 0 Å². The van der Waals surface area contributed by atoms with Crippen molar-refractivity contribution in [3.63, 3.8) is 0 Å². The number of nitrogens with one attached hydrogen (secondary N) is 1. The minimum absolute atomic E-state index is 0.222. The summed E-state index contributed by atoms with van der Waals surface area (Å²) in [5.41, 5.74) is -0.716. The van der Waals surface area contributed by atoms with E-state index >= 15 is 0 Å². The first-order chi connectivity index (χ1) is 5.09. The second-order valence-electron chi connectivity index (χ2n) is 1.81. The average molecular weight is 219 g/mol. The summed E-state index contributed by atoms with van der Waals surface area (Å²) in [6.07, 6.45) is 0. The van der Waals surface area contributed by atoms with Crippen LogP contribution >= 0.6 is 15.9 Å². The highest BCUT2D eigenvalue weighted by molar-refractivity contribution is 9.10. The summed E-state index contributed by atoms with van der Waals surface area (Å²) in [4.78, 5) is 22.5. The fourth-order valence-electron chi connectivity index (χ4n) is 0.601. The van der Waals surface area contributed by atoms with E-state index < -0.39 is 10.5 Å². The highest BCUT2D eigenvalue weighted by atomic mass is 79.9. The first-order valence-corrected chi connectivity index (χ1v) is 3.43. The maximum absolute atomic E-state index is 10.6. The Morgan fingerprint density at radius 1 is 1.55 bits per heavy atom. The Morgan fingerprint density at radius 2 is 2.18 bits per heavy atom. The van der Waals surface area contributed by atoms with Crippen LogP contribution in [0.25, 0.3) is 0 Å². The van der Waals surface area contributed by atoms with Crippen molar-refractivity contribution in [2.24, 2.45) is 0 Å². The maximum Gasteiger partial charge on any atom is 0.277 e. The summed E-state index contributed by atoms with van der Waals surface area (Å²) in [6, 6.07) is 2.14. The Bertz CT molecular complexity index is 346. The van der Waals surface area contributed by atoms with Gasteiger partial charge in [-0.15, -0.1) is 0 Å². The number of nitrogens with zero attached hydrogens (tertiary/aromatic N) is 1. The van der Waals surface area contributed by atoms with Crippen LogP contribution in [-0.2, 0) is 0 Å².